The number of aromatic nitrogens is 4. The third-order valence-electron chi connectivity index (χ3n) is 3.16. The van der Waals surface area contributed by atoms with Crippen molar-refractivity contribution in [2.24, 2.45) is 0 Å². The number of rotatable bonds is 5. The van der Waals surface area contributed by atoms with Gasteiger partial charge in [-0.1, -0.05) is 0 Å². The minimum Gasteiger partial charge on any atom is -0.383 e. The first-order valence-electron chi connectivity index (χ1n) is 6.39. The van der Waals surface area contributed by atoms with E-state index in [0.717, 1.165) is 5.56 Å². The van der Waals surface area contributed by atoms with Crippen LogP contribution in [0.15, 0.2) is 33.4 Å². The van der Waals surface area contributed by atoms with Crippen molar-refractivity contribution in [3.05, 3.63) is 50.2 Å². The van der Waals surface area contributed by atoms with Crippen LogP contribution < -0.4 is 11.2 Å². The molecule has 8 heteroatoms. The summed E-state index contributed by atoms with van der Waals surface area (Å²) in [6.07, 6.45) is 3.46. The Kier molecular flexibility index (Phi) is 3.72. The molecular formula is C13H14N4O3S. The van der Waals surface area contributed by atoms with Crippen LogP contribution in [0.4, 0.5) is 0 Å². The molecule has 0 aliphatic carbocycles. The van der Waals surface area contributed by atoms with E-state index in [0.29, 0.717) is 23.4 Å². The van der Waals surface area contributed by atoms with Crippen LogP contribution in [0, 0.1) is 0 Å². The average Bonchev–Trinajstić information content (AvgIpc) is 3.10. The lowest BCUT2D eigenvalue weighted by molar-refractivity contribution is 0.183. The molecular weight excluding hydrogens is 292 g/mol. The molecule has 3 heterocycles. The highest BCUT2D eigenvalue weighted by atomic mass is 32.1. The first-order valence-corrected chi connectivity index (χ1v) is 7.27. The molecule has 3 aromatic rings. The smallest absolute Gasteiger partial charge is 0.329 e. The Bertz CT molecular complexity index is 873. The highest BCUT2D eigenvalue weighted by Crippen LogP contribution is 2.12. The van der Waals surface area contributed by atoms with E-state index in [1.54, 1.807) is 29.4 Å². The van der Waals surface area contributed by atoms with Gasteiger partial charge in [-0.15, -0.1) is 11.3 Å². The monoisotopic (exact) mass is 306 g/mol. The van der Waals surface area contributed by atoms with Gasteiger partial charge in [0.1, 0.15) is 4.83 Å². The van der Waals surface area contributed by atoms with Crippen molar-refractivity contribution < 1.29 is 4.74 Å². The fourth-order valence-electron chi connectivity index (χ4n) is 2.10. The number of hydrogen-bond donors (Lipinski definition) is 1. The number of aromatic amines is 1. The fourth-order valence-corrected chi connectivity index (χ4v) is 2.87. The molecule has 0 saturated heterocycles. The topological polar surface area (TPSA) is 81.9 Å². The molecule has 0 aromatic carbocycles. The van der Waals surface area contributed by atoms with Crippen molar-refractivity contribution in [3.8, 4) is 0 Å². The Hall–Kier alpha value is -2.19. The standard InChI is InChI=1S/C13H14N4O3S/c1-20-4-3-16-7-9(6-14-16)8-17-12(18)10-2-5-21-11(10)15-13(17)19/h2,5-7H,3-4,8H2,1H3,(H,15,19). The maximum absolute atomic E-state index is 12.3. The fraction of sp³-hybridized carbons (Fsp3) is 0.308. The summed E-state index contributed by atoms with van der Waals surface area (Å²) >= 11 is 1.34. The molecule has 0 bridgehead atoms. The largest absolute Gasteiger partial charge is 0.383 e. The Morgan fingerprint density at radius 2 is 2.29 bits per heavy atom. The van der Waals surface area contributed by atoms with Crippen LogP contribution in [0.3, 0.4) is 0 Å². The van der Waals surface area contributed by atoms with Gasteiger partial charge in [0.2, 0.25) is 0 Å². The second-order valence-corrected chi connectivity index (χ2v) is 5.51. The zero-order valence-electron chi connectivity index (χ0n) is 11.4. The van der Waals surface area contributed by atoms with E-state index < -0.39 is 5.69 Å². The van der Waals surface area contributed by atoms with E-state index in [1.807, 2.05) is 6.20 Å². The van der Waals surface area contributed by atoms with E-state index in [9.17, 15) is 9.59 Å². The average molecular weight is 306 g/mol. The van der Waals surface area contributed by atoms with E-state index in [1.165, 1.54) is 15.9 Å². The Morgan fingerprint density at radius 1 is 1.43 bits per heavy atom. The van der Waals surface area contributed by atoms with Crippen molar-refractivity contribution in [2.75, 3.05) is 13.7 Å². The normalized spacial score (nSPS) is 11.3. The highest BCUT2D eigenvalue weighted by Gasteiger charge is 2.09. The molecule has 0 aliphatic rings. The Balaban J connectivity index is 1.92. The number of nitrogens with zero attached hydrogens (tertiary/aromatic N) is 3. The molecule has 1 N–H and O–H groups in total. The Labute approximate surface area is 123 Å². The Morgan fingerprint density at radius 3 is 3.10 bits per heavy atom. The molecule has 0 amide bonds. The third-order valence-corrected chi connectivity index (χ3v) is 3.99. The van der Waals surface area contributed by atoms with Gasteiger partial charge in [0.25, 0.3) is 5.56 Å². The number of H-pyrrole nitrogens is 1. The predicted molar refractivity (Wildman–Crippen MR) is 79.9 cm³/mol. The summed E-state index contributed by atoms with van der Waals surface area (Å²) in [4.78, 5) is 27.6. The summed E-state index contributed by atoms with van der Waals surface area (Å²) in [5.74, 6) is 0. The number of methoxy groups -OCH3 is 1. The number of ether oxygens (including phenoxy) is 1. The van der Waals surface area contributed by atoms with Crippen LogP contribution in [0.25, 0.3) is 10.2 Å². The molecule has 110 valence electrons. The van der Waals surface area contributed by atoms with Gasteiger partial charge in [-0.3, -0.25) is 19.0 Å². The zero-order valence-corrected chi connectivity index (χ0v) is 12.2. The maximum Gasteiger partial charge on any atom is 0.329 e. The van der Waals surface area contributed by atoms with E-state index in [2.05, 4.69) is 10.1 Å². The number of thiophene rings is 1. The van der Waals surface area contributed by atoms with Gasteiger partial charge in [0.05, 0.1) is 31.3 Å². The molecule has 7 nitrogen and oxygen atoms in total. The summed E-state index contributed by atoms with van der Waals surface area (Å²) in [6.45, 7) is 1.39. The van der Waals surface area contributed by atoms with E-state index in [4.69, 9.17) is 4.74 Å². The molecule has 3 rings (SSSR count). The van der Waals surface area contributed by atoms with Crippen molar-refractivity contribution in [3.63, 3.8) is 0 Å². The van der Waals surface area contributed by atoms with Gasteiger partial charge >= 0.3 is 5.69 Å². The van der Waals surface area contributed by atoms with Gasteiger partial charge in [-0.25, -0.2) is 4.79 Å². The summed E-state index contributed by atoms with van der Waals surface area (Å²) in [6, 6.07) is 1.72. The molecule has 0 unspecified atom stereocenters. The third kappa shape index (κ3) is 2.67. The number of fused-ring (bicyclic) bond motifs is 1. The van der Waals surface area contributed by atoms with Gasteiger partial charge in [0.15, 0.2) is 0 Å². The van der Waals surface area contributed by atoms with Crippen LogP contribution in [-0.4, -0.2) is 33.0 Å². The molecule has 0 fully saturated rings. The second kappa shape index (κ2) is 5.66. The number of nitrogens with one attached hydrogen (secondary N) is 1. The van der Waals surface area contributed by atoms with Gasteiger partial charge in [0, 0.05) is 18.9 Å². The summed E-state index contributed by atoms with van der Waals surface area (Å²) in [7, 11) is 1.62. The lowest BCUT2D eigenvalue weighted by Crippen LogP contribution is -2.34. The van der Waals surface area contributed by atoms with Crippen LogP contribution >= 0.6 is 11.3 Å². The van der Waals surface area contributed by atoms with Crippen molar-refractivity contribution in [1.82, 2.24) is 19.3 Å². The van der Waals surface area contributed by atoms with Crippen molar-refractivity contribution in [2.45, 2.75) is 13.1 Å². The lowest BCUT2D eigenvalue weighted by atomic mass is 10.3. The SMILES string of the molecule is COCCn1cc(Cn2c(=O)[nH]c3sccc3c2=O)cn1. The van der Waals surface area contributed by atoms with Gasteiger partial charge in [-0.05, 0) is 11.4 Å². The van der Waals surface area contributed by atoms with Crippen LogP contribution in [-0.2, 0) is 17.8 Å². The van der Waals surface area contributed by atoms with Crippen LogP contribution in [0.5, 0.6) is 0 Å². The predicted octanol–water partition coefficient (Wildman–Crippen LogP) is 0.643. The zero-order chi connectivity index (χ0) is 14.8. The molecule has 0 spiro atoms. The van der Waals surface area contributed by atoms with Gasteiger partial charge < -0.3 is 4.74 Å². The molecule has 0 radical (unpaired) electrons. The quantitative estimate of drug-likeness (QED) is 0.750. The van der Waals surface area contributed by atoms with Crippen molar-refractivity contribution >= 4 is 21.6 Å². The van der Waals surface area contributed by atoms with Crippen LogP contribution in [0.2, 0.25) is 0 Å². The second-order valence-electron chi connectivity index (χ2n) is 4.59. The molecule has 0 aliphatic heterocycles. The summed E-state index contributed by atoms with van der Waals surface area (Å²) < 4.78 is 7.89. The van der Waals surface area contributed by atoms with Gasteiger partial charge in [-0.2, -0.15) is 5.10 Å². The van der Waals surface area contributed by atoms with E-state index in [-0.39, 0.29) is 12.1 Å². The lowest BCUT2D eigenvalue weighted by Gasteiger charge is -2.02. The molecule has 0 saturated carbocycles. The van der Waals surface area contributed by atoms with E-state index >= 15 is 0 Å². The molecule has 21 heavy (non-hydrogen) atoms. The summed E-state index contributed by atoms with van der Waals surface area (Å²) in [5.41, 5.74) is 0.118. The molecule has 3 aromatic heterocycles. The first kappa shape index (κ1) is 13.8. The first-order chi connectivity index (χ1) is 10.2. The number of hydrogen-bond acceptors (Lipinski definition) is 5. The molecule has 0 atom stereocenters. The minimum absolute atomic E-state index is 0.201. The minimum atomic E-state index is -0.403. The summed E-state index contributed by atoms with van der Waals surface area (Å²) in [5, 5.41) is 6.49. The highest BCUT2D eigenvalue weighted by molar-refractivity contribution is 7.16. The van der Waals surface area contributed by atoms with Crippen LogP contribution in [0.1, 0.15) is 5.56 Å². The maximum atomic E-state index is 12.3. The van der Waals surface area contributed by atoms with Crippen molar-refractivity contribution in [1.29, 1.82) is 0 Å².